The summed E-state index contributed by atoms with van der Waals surface area (Å²) in [5.74, 6) is -0.366. The lowest BCUT2D eigenvalue weighted by atomic mass is 10.0. The van der Waals surface area contributed by atoms with Crippen LogP contribution >= 0.6 is 11.6 Å². The number of nitrogens with zero attached hydrogens (tertiary/aromatic N) is 4. The molecule has 5 rings (SSSR count). The molecular formula is C24H24ClN7O4. The zero-order valence-electron chi connectivity index (χ0n) is 19.8. The predicted octanol–water partition coefficient (Wildman–Crippen LogP) is 3.27. The molecule has 1 saturated heterocycles. The molecule has 2 amide bonds. The number of nitrogens with one attached hydrogen (secondary N) is 3. The minimum Gasteiger partial charge on any atom is -0.468 e. The Morgan fingerprint density at radius 3 is 2.78 bits per heavy atom. The topological polar surface area (TPSA) is 136 Å². The molecule has 1 fully saturated rings. The van der Waals surface area contributed by atoms with Crippen LogP contribution in [-0.4, -0.2) is 62.1 Å². The Morgan fingerprint density at radius 1 is 1.28 bits per heavy atom. The molecule has 11 nitrogen and oxygen atoms in total. The first-order valence-electron chi connectivity index (χ1n) is 11.4. The van der Waals surface area contributed by atoms with Crippen LogP contribution in [0.1, 0.15) is 40.3 Å². The molecular weight excluding hydrogens is 486 g/mol. The van der Waals surface area contributed by atoms with Crippen LogP contribution in [0.25, 0.3) is 16.7 Å². The number of aryl methyl sites for hydroxylation is 1. The van der Waals surface area contributed by atoms with Gasteiger partial charge in [0.05, 0.1) is 41.2 Å². The number of rotatable bonds is 7. The van der Waals surface area contributed by atoms with Crippen molar-refractivity contribution in [2.24, 2.45) is 0 Å². The number of anilines is 1. The molecule has 186 valence electrons. The van der Waals surface area contributed by atoms with Gasteiger partial charge >= 0.3 is 0 Å². The van der Waals surface area contributed by atoms with E-state index in [-0.39, 0.29) is 41.0 Å². The number of pyridine rings is 1. The third kappa shape index (κ3) is 4.50. The van der Waals surface area contributed by atoms with Gasteiger partial charge in [0.25, 0.3) is 11.8 Å². The number of halogens is 1. The van der Waals surface area contributed by atoms with E-state index in [9.17, 15) is 9.59 Å². The second kappa shape index (κ2) is 9.59. The van der Waals surface area contributed by atoms with Crippen molar-refractivity contribution in [3.8, 4) is 11.7 Å². The summed E-state index contributed by atoms with van der Waals surface area (Å²) >= 11 is 6.36. The van der Waals surface area contributed by atoms with Gasteiger partial charge in [-0.3, -0.25) is 14.7 Å². The highest BCUT2D eigenvalue weighted by Gasteiger charge is 2.27. The number of carbonyl (C=O) groups excluding carboxylic acids is 2. The molecule has 1 aromatic carbocycles. The van der Waals surface area contributed by atoms with Crippen molar-refractivity contribution in [1.29, 1.82) is 0 Å². The Morgan fingerprint density at radius 2 is 2.08 bits per heavy atom. The zero-order chi connectivity index (χ0) is 25.4. The fourth-order valence-electron chi connectivity index (χ4n) is 3.86. The molecule has 36 heavy (non-hydrogen) atoms. The molecule has 0 bridgehead atoms. The predicted molar refractivity (Wildman–Crippen MR) is 133 cm³/mol. The van der Waals surface area contributed by atoms with Gasteiger partial charge in [-0.25, -0.2) is 9.67 Å². The maximum Gasteiger partial charge on any atom is 0.274 e. The summed E-state index contributed by atoms with van der Waals surface area (Å²) in [6.07, 6.45) is 3.03. The normalized spacial score (nSPS) is 13.6. The second-order valence-electron chi connectivity index (χ2n) is 8.73. The fourth-order valence-corrected chi connectivity index (χ4v) is 4.06. The number of amides is 2. The molecule has 3 aromatic heterocycles. The summed E-state index contributed by atoms with van der Waals surface area (Å²) in [7, 11) is 0. The minimum atomic E-state index is -0.524. The van der Waals surface area contributed by atoms with Crippen molar-refractivity contribution in [1.82, 2.24) is 30.3 Å². The Labute approximate surface area is 211 Å². The number of benzene rings is 1. The van der Waals surface area contributed by atoms with Crippen LogP contribution in [0.4, 0.5) is 5.69 Å². The van der Waals surface area contributed by atoms with Crippen LogP contribution < -0.4 is 15.4 Å². The molecule has 12 heteroatoms. The van der Waals surface area contributed by atoms with Crippen molar-refractivity contribution in [2.45, 2.75) is 32.9 Å². The maximum absolute atomic E-state index is 13.6. The number of carbonyl (C=O) groups is 2. The molecule has 4 aromatic rings. The lowest BCUT2D eigenvalue weighted by Gasteiger charge is -2.25. The number of hydrogen-bond acceptors (Lipinski definition) is 7. The highest BCUT2D eigenvalue weighted by Crippen LogP contribution is 2.30. The Kier molecular flexibility index (Phi) is 6.33. The zero-order valence-corrected chi connectivity index (χ0v) is 20.6. The van der Waals surface area contributed by atoms with Crippen LogP contribution in [0.2, 0.25) is 5.02 Å². The standard InChI is InChI=1S/C24H24ClN7O4/c1-12(2)28-24(34)19-20(13(3)7-14-9-27-30-21(14)19)29-23(33)17-8-18(36-15-10-35-11-15)31-32(17)22-16(25)5-4-6-26-22/h4-9,12,15H,10-11H2,1-3H3,(H,27,30)(H,28,34)(H,29,33). The number of ether oxygens (including phenoxy) is 2. The third-order valence-corrected chi connectivity index (χ3v) is 5.87. The van der Waals surface area contributed by atoms with Crippen LogP contribution in [-0.2, 0) is 4.74 Å². The van der Waals surface area contributed by atoms with Gasteiger partial charge < -0.3 is 20.1 Å². The van der Waals surface area contributed by atoms with Crippen molar-refractivity contribution in [3.05, 3.63) is 58.5 Å². The van der Waals surface area contributed by atoms with E-state index in [0.29, 0.717) is 35.0 Å². The van der Waals surface area contributed by atoms with Gasteiger partial charge in [-0.1, -0.05) is 11.6 Å². The number of fused-ring (bicyclic) bond motifs is 1. The van der Waals surface area contributed by atoms with Crippen molar-refractivity contribution in [2.75, 3.05) is 18.5 Å². The molecule has 0 unspecified atom stereocenters. The van der Waals surface area contributed by atoms with Crippen molar-refractivity contribution < 1.29 is 19.1 Å². The van der Waals surface area contributed by atoms with E-state index in [4.69, 9.17) is 21.1 Å². The Balaban J connectivity index is 1.57. The largest absolute Gasteiger partial charge is 0.468 e. The fraction of sp³-hybridized carbons (Fsp3) is 0.292. The summed E-state index contributed by atoms with van der Waals surface area (Å²) < 4.78 is 12.3. The lowest BCUT2D eigenvalue weighted by Crippen LogP contribution is -2.38. The van der Waals surface area contributed by atoms with Gasteiger partial charge in [0.1, 0.15) is 11.8 Å². The SMILES string of the molecule is Cc1cc2cn[nH]c2c(C(=O)NC(C)C)c1NC(=O)c1cc(OC2COC2)nn1-c1ncccc1Cl. The first kappa shape index (κ1) is 23.8. The molecule has 0 radical (unpaired) electrons. The summed E-state index contributed by atoms with van der Waals surface area (Å²) in [5.41, 5.74) is 1.98. The molecule has 0 aliphatic carbocycles. The summed E-state index contributed by atoms with van der Waals surface area (Å²) in [5, 5.41) is 18.2. The van der Waals surface area contributed by atoms with E-state index in [1.165, 1.54) is 10.7 Å². The van der Waals surface area contributed by atoms with E-state index in [2.05, 4.69) is 30.9 Å². The molecule has 1 aliphatic heterocycles. The summed E-state index contributed by atoms with van der Waals surface area (Å²) in [4.78, 5) is 31.1. The van der Waals surface area contributed by atoms with Crippen LogP contribution in [0.15, 0.2) is 36.7 Å². The number of aromatic nitrogens is 5. The smallest absolute Gasteiger partial charge is 0.274 e. The average Bonchev–Trinajstić information content (AvgIpc) is 3.43. The molecule has 4 heterocycles. The Hall–Kier alpha value is -3.96. The molecule has 1 aliphatic rings. The van der Waals surface area contributed by atoms with E-state index in [0.717, 1.165) is 5.39 Å². The van der Waals surface area contributed by atoms with Crippen molar-refractivity contribution >= 4 is 40.0 Å². The molecule has 0 spiro atoms. The van der Waals surface area contributed by atoms with E-state index >= 15 is 0 Å². The van der Waals surface area contributed by atoms with Gasteiger partial charge in [0.15, 0.2) is 5.82 Å². The van der Waals surface area contributed by atoms with Gasteiger partial charge in [-0.2, -0.15) is 5.10 Å². The lowest BCUT2D eigenvalue weighted by molar-refractivity contribution is -0.0814. The molecule has 0 atom stereocenters. The van der Waals surface area contributed by atoms with Gasteiger partial charge in [-0.15, -0.1) is 5.10 Å². The highest BCUT2D eigenvalue weighted by molar-refractivity contribution is 6.32. The number of hydrogen-bond donors (Lipinski definition) is 3. The maximum atomic E-state index is 13.6. The van der Waals surface area contributed by atoms with Gasteiger partial charge in [0.2, 0.25) is 5.88 Å². The van der Waals surface area contributed by atoms with Gasteiger partial charge in [0, 0.05) is 23.7 Å². The Bertz CT molecular complexity index is 1460. The van der Waals surface area contributed by atoms with E-state index in [1.807, 2.05) is 26.8 Å². The van der Waals surface area contributed by atoms with Crippen LogP contribution in [0, 0.1) is 6.92 Å². The number of H-pyrrole nitrogens is 1. The first-order valence-corrected chi connectivity index (χ1v) is 11.7. The quantitative estimate of drug-likeness (QED) is 0.348. The van der Waals surface area contributed by atoms with E-state index < -0.39 is 5.91 Å². The van der Waals surface area contributed by atoms with Crippen LogP contribution in [0.5, 0.6) is 5.88 Å². The van der Waals surface area contributed by atoms with Gasteiger partial charge in [-0.05, 0) is 44.5 Å². The summed E-state index contributed by atoms with van der Waals surface area (Å²) in [6.45, 7) is 6.42. The second-order valence-corrected chi connectivity index (χ2v) is 9.13. The van der Waals surface area contributed by atoms with E-state index in [1.54, 1.807) is 24.5 Å². The highest BCUT2D eigenvalue weighted by atomic mass is 35.5. The minimum absolute atomic E-state index is 0.109. The van der Waals surface area contributed by atoms with Crippen LogP contribution in [0.3, 0.4) is 0 Å². The number of aromatic amines is 1. The molecule has 0 saturated carbocycles. The molecule has 3 N–H and O–H groups in total. The van der Waals surface area contributed by atoms with Crippen molar-refractivity contribution in [3.63, 3.8) is 0 Å². The first-order chi connectivity index (χ1) is 17.3. The monoisotopic (exact) mass is 509 g/mol. The average molecular weight is 510 g/mol. The third-order valence-electron chi connectivity index (χ3n) is 5.57. The summed E-state index contributed by atoms with van der Waals surface area (Å²) in [6, 6.07) is 6.58.